The van der Waals surface area contributed by atoms with Crippen molar-refractivity contribution in [2.45, 2.75) is 46.6 Å². The van der Waals surface area contributed by atoms with Gasteiger partial charge in [-0.2, -0.15) is 0 Å². The lowest BCUT2D eigenvalue weighted by Crippen LogP contribution is -2.47. The molecule has 0 saturated carbocycles. The van der Waals surface area contributed by atoms with Gasteiger partial charge in [-0.3, -0.25) is 0 Å². The minimum Gasteiger partial charge on any atom is -0.358 e. The fraction of sp³-hybridized carbons (Fsp3) is 0.533. The van der Waals surface area contributed by atoms with E-state index in [2.05, 4.69) is 45.3 Å². The van der Waals surface area contributed by atoms with Crippen LogP contribution in [0.25, 0.3) is 0 Å². The van der Waals surface area contributed by atoms with Gasteiger partial charge in [-0.1, -0.05) is 32.9 Å². The second kappa shape index (κ2) is 5.87. The molecule has 106 valence electrons. The molecule has 0 amide bonds. The van der Waals surface area contributed by atoms with Gasteiger partial charge in [0.25, 0.3) is 0 Å². The molecule has 0 aromatic heterocycles. The minimum atomic E-state index is -0.305. The molecule has 4 heteroatoms. The molecule has 1 aromatic rings. The average Bonchev–Trinajstić information content (AvgIpc) is 2.16. The van der Waals surface area contributed by atoms with Crippen LogP contribution in [-0.2, 0) is 0 Å². The van der Waals surface area contributed by atoms with Gasteiger partial charge in [-0.05, 0) is 50.0 Å². The van der Waals surface area contributed by atoms with E-state index in [1.54, 1.807) is 18.2 Å². The van der Waals surface area contributed by atoms with Gasteiger partial charge in [0.2, 0.25) is 0 Å². The molecule has 0 aliphatic rings. The maximum atomic E-state index is 13.5. The van der Waals surface area contributed by atoms with Crippen molar-refractivity contribution in [3.8, 4) is 0 Å². The SMILES string of the molecule is CC(C)(C)CC(C)(C)NC(=S)Nc1ccccc1F. The van der Waals surface area contributed by atoms with Crippen LogP contribution in [0.5, 0.6) is 0 Å². The van der Waals surface area contributed by atoms with Crippen LogP contribution in [-0.4, -0.2) is 10.7 Å². The number of hydrogen-bond donors (Lipinski definition) is 2. The Hall–Kier alpha value is -1.16. The molecule has 0 unspecified atom stereocenters. The van der Waals surface area contributed by atoms with E-state index in [0.717, 1.165) is 6.42 Å². The van der Waals surface area contributed by atoms with Crippen LogP contribution in [0.1, 0.15) is 41.0 Å². The Morgan fingerprint density at radius 3 is 2.26 bits per heavy atom. The molecular formula is C15H23FN2S. The van der Waals surface area contributed by atoms with Gasteiger partial charge < -0.3 is 10.6 Å². The van der Waals surface area contributed by atoms with E-state index >= 15 is 0 Å². The molecule has 1 rings (SSSR count). The van der Waals surface area contributed by atoms with Crippen molar-refractivity contribution >= 4 is 23.0 Å². The van der Waals surface area contributed by atoms with Crippen molar-refractivity contribution in [3.63, 3.8) is 0 Å². The second-order valence-electron chi connectivity index (χ2n) is 6.68. The van der Waals surface area contributed by atoms with Crippen LogP contribution >= 0.6 is 12.2 Å². The summed E-state index contributed by atoms with van der Waals surface area (Å²) < 4.78 is 13.5. The van der Waals surface area contributed by atoms with Gasteiger partial charge in [0, 0.05) is 5.54 Å². The van der Waals surface area contributed by atoms with Gasteiger partial charge in [-0.25, -0.2) is 4.39 Å². The third-order valence-corrected chi connectivity index (χ3v) is 2.75. The van der Waals surface area contributed by atoms with Gasteiger partial charge in [0.05, 0.1) is 5.69 Å². The van der Waals surface area contributed by atoms with Crippen molar-refractivity contribution < 1.29 is 4.39 Å². The van der Waals surface area contributed by atoms with Gasteiger partial charge in [0.1, 0.15) is 5.82 Å². The summed E-state index contributed by atoms with van der Waals surface area (Å²) in [5.74, 6) is -0.305. The zero-order chi connectivity index (χ0) is 14.7. The van der Waals surface area contributed by atoms with E-state index in [-0.39, 0.29) is 16.8 Å². The van der Waals surface area contributed by atoms with Crippen molar-refractivity contribution in [1.29, 1.82) is 0 Å². The number of halogens is 1. The lowest BCUT2D eigenvalue weighted by atomic mass is 9.82. The molecule has 0 atom stereocenters. The molecule has 2 nitrogen and oxygen atoms in total. The third-order valence-electron chi connectivity index (χ3n) is 2.55. The maximum Gasteiger partial charge on any atom is 0.171 e. The largest absolute Gasteiger partial charge is 0.358 e. The Labute approximate surface area is 120 Å². The van der Waals surface area contributed by atoms with Crippen LogP contribution in [0.15, 0.2) is 24.3 Å². The van der Waals surface area contributed by atoms with Crippen molar-refractivity contribution in [2.24, 2.45) is 5.41 Å². The van der Waals surface area contributed by atoms with E-state index in [0.29, 0.717) is 10.8 Å². The van der Waals surface area contributed by atoms with E-state index in [1.165, 1.54) is 6.07 Å². The van der Waals surface area contributed by atoms with Crippen LogP contribution in [0, 0.1) is 11.2 Å². The molecule has 1 aromatic carbocycles. The summed E-state index contributed by atoms with van der Waals surface area (Å²) in [7, 11) is 0. The first-order valence-corrected chi connectivity index (χ1v) is 6.84. The summed E-state index contributed by atoms with van der Waals surface area (Å²) in [6.07, 6.45) is 0.957. The molecule has 0 aliphatic heterocycles. The Morgan fingerprint density at radius 2 is 1.74 bits per heavy atom. The summed E-state index contributed by atoms with van der Waals surface area (Å²) in [6, 6.07) is 6.50. The maximum absolute atomic E-state index is 13.5. The van der Waals surface area contributed by atoms with Gasteiger partial charge >= 0.3 is 0 Å². The van der Waals surface area contributed by atoms with Crippen molar-refractivity contribution in [2.75, 3.05) is 5.32 Å². The molecule has 0 radical (unpaired) electrons. The predicted octanol–water partition coefficient (Wildman–Crippen LogP) is 4.33. The van der Waals surface area contributed by atoms with Crippen LogP contribution in [0.2, 0.25) is 0 Å². The molecule has 0 spiro atoms. The van der Waals surface area contributed by atoms with Crippen molar-refractivity contribution in [1.82, 2.24) is 5.32 Å². The molecule has 19 heavy (non-hydrogen) atoms. The smallest absolute Gasteiger partial charge is 0.171 e. The zero-order valence-corrected chi connectivity index (χ0v) is 13.1. The number of thiocarbonyl (C=S) groups is 1. The van der Waals surface area contributed by atoms with Gasteiger partial charge in [-0.15, -0.1) is 0 Å². The lowest BCUT2D eigenvalue weighted by Gasteiger charge is -2.34. The van der Waals surface area contributed by atoms with E-state index in [1.807, 2.05) is 0 Å². The van der Waals surface area contributed by atoms with Crippen LogP contribution in [0.4, 0.5) is 10.1 Å². The summed E-state index contributed by atoms with van der Waals surface area (Å²) >= 11 is 5.24. The van der Waals surface area contributed by atoms with Crippen LogP contribution in [0.3, 0.4) is 0 Å². The summed E-state index contributed by atoms with van der Waals surface area (Å²) in [4.78, 5) is 0. The minimum absolute atomic E-state index is 0.145. The number of nitrogens with one attached hydrogen (secondary N) is 2. The molecule has 0 aliphatic carbocycles. The van der Waals surface area contributed by atoms with E-state index in [9.17, 15) is 4.39 Å². The topological polar surface area (TPSA) is 24.1 Å². The number of hydrogen-bond acceptors (Lipinski definition) is 1. The zero-order valence-electron chi connectivity index (χ0n) is 12.3. The summed E-state index contributed by atoms with van der Waals surface area (Å²) in [5.41, 5.74) is 0.448. The first-order valence-electron chi connectivity index (χ1n) is 6.43. The molecule has 0 fully saturated rings. The first kappa shape index (κ1) is 15.9. The second-order valence-corrected chi connectivity index (χ2v) is 7.09. The molecule has 2 N–H and O–H groups in total. The highest BCUT2D eigenvalue weighted by Crippen LogP contribution is 2.26. The normalized spacial score (nSPS) is 12.1. The lowest BCUT2D eigenvalue weighted by molar-refractivity contribution is 0.268. The average molecular weight is 282 g/mol. The number of anilines is 1. The Morgan fingerprint density at radius 1 is 1.16 bits per heavy atom. The van der Waals surface area contributed by atoms with E-state index in [4.69, 9.17) is 12.2 Å². The molecule has 0 saturated heterocycles. The predicted molar refractivity (Wildman–Crippen MR) is 83.9 cm³/mol. The standard InChI is InChI=1S/C15H23FN2S/c1-14(2,3)10-15(4,5)18-13(19)17-12-9-7-6-8-11(12)16/h6-9H,10H2,1-5H3,(H2,17,18,19). The molecule has 0 heterocycles. The highest BCUT2D eigenvalue weighted by atomic mass is 32.1. The van der Waals surface area contributed by atoms with E-state index < -0.39 is 0 Å². The first-order chi connectivity index (χ1) is 8.59. The van der Waals surface area contributed by atoms with Gasteiger partial charge in [0.15, 0.2) is 5.11 Å². The highest BCUT2D eigenvalue weighted by Gasteiger charge is 2.26. The fourth-order valence-corrected chi connectivity index (χ4v) is 2.78. The third kappa shape index (κ3) is 6.01. The quantitative estimate of drug-likeness (QED) is 0.807. The monoisotopic (exact) mass is 282 g/mol. The number of benzene rings is 1. The Bertz CT molecular complexity index is 450. The van der Waals surface area contributed by atoms with Crippen LogP contribution < -0.4 is 10.6 Å². The summed E-state index contributed by atoms with van der Waals surface area (Å²) in [5, 5.41) is 6.58. The summed E-state index contributed by atoms with van der Waals surface area (Å²) in [6.45, 7) is 10.7. The number of para-hydroxylation sites is 1. The molecule has 0 bridgehead atoms. The Kier molecular flexibility index (Phi) is 4.91. The fourth-order valence-electron chi connectivity index (χ4n) is 2.39. The highest BCUT2D eigenvalue weighted by molar-refractivity contribution is 7.80. The number of rotatable bonds is 3. The molecular weight excluding hydrogens is 259 g/mol. The Balaban J connectivity index is 2.63. The van der Waals surface area contributed by atoms with Crippen molar-refractivity contribution in [3.05, 3.63) is 30.1 Å².